The molecule has 1 heteroatoms. The van der Waals surface area contributed by atoms with Gasteiger partial charge in [-0.05, 0) is 48.8 Å². The summed E-state index contributed by atoms with van der Waals surface area (Å²) >= 11 is 0. The van der Waals surface area contributed by atoms with Crippen LogP contribution in [0.2, 0.25) is 0 Å². The maximum Gasteiger partial charge on any atom is 0.0401 e. The van der Waals surface area contributed by atoms with Gasteiger partial charge < -0.3 is 4.90 Å². The number of nitrogens with zero attached hydrogens (tertiary/aromatic N) is 1. The molecule has 0 N–H and O–H groups in total. The van der Waals surface area contributed by atoms with Gasteiger partial charge in [-0.3, -0.25) is 0 Å². The fourth-order valence-corrected chi connectivity index (χ4v) is 2.79. The van der Waals surface area contributed by atoms with E-state index in [2.05, 4.69) is 50.8 Å². The molecule has 0 bridgehead atoms. The fourth-order valence-electron chi connectivity index (χ4n) is 2.79. The molecule has 17 heavy (non-hydrogen) atoms. The average molecular weight is 231 g/mol. The van der Waals surface area contributed by atoms with Gasteiger partial charge in [0, 0.05) is 18.8 Å². The van der Waals surface area contributed by atoms with Gasteiger partial charge >= 0.3 is 0 Å². The summed E-state index contributed by atoms with van der Waals surface area (Å²) in [5.41, 5.74) is 4.87. The van der Waals surface area contributed by atoms with Gasteiger partial charge in [-0.15, -0.1) is 0 Å². The summed E-state index contributed by atoms with van der Waals surface area (Å²) in [4.78, 5) is 2.59. The Kier molecular flexibility index (Phi) is 3.46. The van der Waals surface area contributed by atoms with Crippen LogP contribution >= 0.6 is 0 Å². The van der Waals surface area contributed by atoms with Crippen molar-refractivity contribution in [2.45, 2.75) is 47.0 Å². The molecule has 1 nitrogen and oxygen atoms in total. The smallest absolute Gasteiger partial charge is 0.0401 e. The van der Waals surface area contributed by atoms with Crippen LogP contribution in [0.25, 0.3) is 0 Å². The second-order valence-electron chi connectivity index (χ2n) is 5.82. The fraction of sp³-hybridized carbons (Fsp3) is 0.625. The van der Waals surface area contributed by atoms with Gasteiger partial charge in [0.15, 0.2) is 0 Å². The van der Waals surface area contributed by atoms with Gasteiger partial charge in [-0.25, -0.2) is 0 Å². The lowest BCUT2D eigenvalue weighted by molar-refractivity contribution is 0.355. The topological polar surface area (TPSA) is 3.24 Å². The summed E-state index contributed by atoms with van der Waals surface area (Å²) in [5, 5.41) is 0. The van der Waals surface area contributed by atoms with Gasteiger partial charge in [-0.1, -0.05) is 32.9 Å². The summed E-state index contributed by atoms with van der Waals surface area (Å²) in [5.74, 6) is 0. The standard InChI is InChI=1S/C16H25N/c1-5-14-8-7-13(3)11-15(14)17-10-9-16(4,6-2)12-17/h7-8,11H,5-6,9-10,12H2,1-4H3/t16-/m1/s1. The molecular formula is C16H25N. The Balaban J connectivity index is 2.26. The van der Waals surface area contributed by atoms with Crippen molar-refractivity contribution < 1.29 is 0 Å². The number of aryl methyl sites for hydroxylation is 2. The van der Waals surface area contributed by atoms with Crippen molar-refractivity contribution in [3.8, 4) is 0 Å². The van der Waals surface area contributed by atoms with Crippen molar-refractivity contribution in [1.82, 2.24) is 0 Å². The number of benzene rings is 1. The minimum atomic E-state index is 0.523. The Bertz CT molecular complexity index is 397. The predicted octanol–water partition coefficient (Wildman–Crippen LogP) is 4.18. The number of anilines is 1. The molecule has 0 aliphatic carbocycles. The lowest BCUT2D eigenvalue weighted by Crippen LogP contribution is -2.25. The highest BCUT2D eigenvalue weighted by atomic mass is 15.2. The normalized spacial score (nSPS) is 24.4. The Hall–Kier alpha value is -0.980. The van der Waals surface area contributed by atoms with Crippen LogP contribution in [0, 0.1) is 12.3 Å². The summed E-state index contributed by atoms with van der Waals surface area (Å²) in [6.07, 6.45) is 3.76. The maximum absolute atomic E-state index is 2.59. The lowest BCUT2D eigenvalue weighted by Gasteiger charge is -2.26. The van der Waals surface area contributed by atoms with Gasteiger partial charge in [0.1, 0.15) is 0 Å². The number of rotatable bonds is 3. The molecule has 1 aromatic rings. The van der Waals surface area contributed by atoms with Crippen LogP contribution in [-0.2, 0) is 6.42 Å². The van der Waals surface area contributed by atoms with E-state index in [9.17, 15) is 0 Å². The van der Waals surface area contributed by atoms with E-state index in [1.165, 1.54) is 42.7 Å². The molecule has 0 unspecified atom stereocenters. The average Bonchev–Trinajstić information content (AvgIpc) is 2.73. The zero-order valence-electron chi connectivity index (χ0n) is 11.7. The predicted molar refractivity (Wildman–Crippen MR) is 75.8 cm³/mol. The molecule has 1 aliphatic heterocycles. The van der Waals surface area contributed by atoms with E-state index in [-0.39, 0.29) is 0 Å². The highest BCUT2D eigenvalue weighted by Crippen LogP contribution is 2.37. The first-order chi connectivity index (χ1) is 8.08. The minimum absolute atomic E-state index is 0.523. The van der Waals surface area contributed by atoms with Gasteiger partial charge in [0.2, 0.25) is 0 Å². The van der Waals surface area contributed by atoms with Gasteiger partial charge in [-0.2, -0.15) is 0 Å². The molecule has 1 saturated heterocycles. The lowest BCUT2D eigenvalue weighted by atomic mass is 9.87. The van der Waals surface area contributed by atoms with E-state index in [0.717, 1.165) is 6.42 Å². The quantitative estimate of drug-likeness (QED) is 0.754. The molecule has 1 fully saturated rings. The van der Waals surface area contributed by atoms with E-state index in [4.69, 9.17) is 0 Å². The minimum Gasteiger partial charge on any atom is -0.371 e. The Morgan fingerprint density at radius 2 is 2.06 bits per heavy atom. The summed E-state index contributed by atoms with van der Waals surface area (Å²) in [6.45, 7) is 11.6. The maximum atomic E-state index is 2.59. The monoisotopic (exact) mass is 231 g/mol. The molecule has 0 amide bonds. The molecule has 94 valence electrons. The van der Waals surface area contributed by atoms with Crippen LogP contribution in [0.4, 0.5) is 5.69 Å². The molecule has 0 spiro atoms. The molecule has 0 aromatic heterocycles. The van der Waals surface area contributed by atoms with E-state index in [0.29, 0.717) is 5.41 Å². The zero-order valence-corrected chi connectivity index (χ0v) is 11.7. The molecule has 2 rings (SSSR count). The van der Waals surface area contributed by atoms with E-state index in [1.807, 2.05) is 0 Å². The largest absolute Gasteiger partial charge is 0.371 e. The van der Waals surface area contributed by atoms with Crippen molar-refractivity contribution in [3.63, 3.8) is 0 Å². The molecule has 1 aliphatic rings. The van der Waals surface area contributed by atoms with Gasteiger partial charge in [0.05, 0.1) is 0 Å². The Morgan fingerprint density at radius 3 is 2.65 bits per heavy atom. The van der Waals surface area contributed by atoms with E-state index in [1.54, 1.807) is 0 Å². The van der Waals surface area contributed by atoms with Crippen molar-refractivity contribution in [3.05, 3.63) is 29.3 Å². The molecular weight excluding hydrogens is 206 g/mol. The number of hydrogen-bond acceptors (Lipinski definition) is 1. The highest BCUT2D eigenvalue weighted by Gasteiger charge is 2.32. The van der Waals surface area contributed by atoms with Crippen LogP contribution in [0.5, 0.6) is 0 Å². The molecule has 1 atom stereocenters. The van der Waals surface area contributed by atoms with Crippen molar-refractivity contribution in [2.75, 3.05) is 18.0 Å². The van der Waals surface area contributed by atoms with E-state index < -0.39 is 0 Å². The van der Waals surface area contributed by atoms with Crippen molar-refractivity contribution in [1.29, 1.82) is 0 Å². The SMILES string of the molecule is CCc1ccc(C)cc1N1CC[C@@](C)(CC)C1. The Morgan fingerprint density at radius 1 is 1.29 bits per heavy atom. The van der Waals surface area contributed by atoms with Crippen LogP contribution < -0.4 is 4.90 Å². The van der Waals surface area contributed by atoms with Crippen molar-refractivity contribution >= 4 is 5.69 Å². The van der Waals surface area contributed by atoms with E-state index >= 15 is 0 Å². The summed E-state index contributed by atoms with van der Waals surface area (Å²) < 4.78 is 0. The first-order valence-electron chi connectivity index (χ1n) is 6.92. The van der Waals surface area contributed by atoms with Gasteiger partial charge in [0.25, 0.3) is 0 Å². The third-order valence-corrected chi connectivity index (χ3v) is 4.37. The van der Waals surface area contributed by atoms with Crippen LogP contribution in [0.15, 0.2) is 18.2 Å². The Labute approximate surface area is 106 Å². The summed E-state index contributed by atoms with van der Waals surface area (Å²) in [7, 11) is 0. The van der Waals surface area contributed by atoms with Crippen LogP contribution in [0.1, 0.15) is 44.7 Å². The zero-order chi connectivity index (χ0) is 12.5. The third-order valence-electron chi connectivity index (χ3n) is 4.37. The first-order valence-corrected chi connectivity index (χ1v) is 6.92. The molecule has 0 saturated carbocycles. The van der Waals surface area contributed by atoms with Crippen molar-refractivity contribution in [2.24, 2.45) is 5.41 Å². The third kappa shape index (κ3) is 2.48. The van der Waals surface area contributed by atoms with Crippen LogP contribution in [-0.4, -0.2) is 13.1 Å². The second kappa shape index (κ2) is 4.72. The molecule has 1 aromatic carbocycles. The summed E-state index contributed by atoms with van der Waals surface area (Å²) in [6, 6.07) is 6.89. The van der Waals surface area contributed by atoms with Crippen LogP contribution in [0.3, 0.4) is 0 Å². The highest BCUT2D eigenvalue weighted by molar-refractivity contribution is 5.56. The number of hydrogen-bond donors (Lipinski definition) is 0. The molecule has 0 radical (unpaired) electrons. The first kappa shape index (κ1) is 12.5. The second-order valence-corrected chi connectivity index (χ2v) is 5.82. The molecule has 1 heterocycles.